The van der Waals surface area contributed by atoms with Gasteiger partial charge in [-0.1, -0.05) is 110 Å². The van der Waals surface area contributed by atoms with Crippen molar-refractivity contribution in [2.24, 2.45) is 5.92 Å². The van der Waals surface area contributed by atoms with Gasteiger partial charge >= 0.3 is 6.09 Å². The molecule has 0 spiro atoms. The Morgan fingerprint density at radius 1 is 0.811 bits per heavy atom. The van der Waals surface area contributed by atoms with E-state index in [-0.39, 0.29) is 50.2 Å². The molecular weight excluding hydrogens is 670 g/mol. The predicted molar refractivity (Wildman–Crippen MR) is 199 cm³/mol. The highest BCUT2D eigenvalue weighted by Crippen LogP contribution is 2.42. The second-order valence-corrected chi connectivity index (χ2v) is 14.3. The van der Waals surface area contributed by atoms with Gasteiger partial charge < -0.3 is 29.5 Å². The van der Waals surface area contributed by atoms with Crippen molar-refractivity contribution in [1.82, 2.24) is 15.1 Å². The minimum absolute atomic E-state index is 0.000294. The van der Waals surface area contributed by atoms with Gasteiger partial charge in [0.25, 0.3) is 5.91 Å². The summed E-state index contributed by atoms with van der Waals surface area (Å²) in [6.07, 6.45) is 2.12. The third kappa shape index (κ3) is 8.85. The topological polar surface area (TPSA) is 118 Å². The van der Waals surface area contributed by atoms with E-state index >= 15 is 0 Å². The van der Waals surface area contributed by atoms with Crippen LogP contribution in [0.25, 0.3) is 11.1 Å². The van der Waals surface area contributed by atoms with Crippen LogP contribution in [0.1, 0.15) is 72.8 Å². The SMILES string of the molecule is CC1C(CN2CCCCC2)OC(c2ccc(-c3cccc(CN4C(=O)CC(NC(=O)OCc5ccccc5)C4=O)c3)cc2)OC1c1ccc(CO)cc1. The molecular formula is C43H47N3O7. The number of aliphatic hydroxyl groups excluding tert-OH is 1. The van der Waals surface area contributed by atoms with Gasteiger partial charge in [0.05, 0.1) is 31.8 Å². The number of alkyl carbamates (subject to hydrolysis) is 1. The Labute approximate surface area is 310 Å². The summed E-state index contributed by atoms with van der Waals surface area (Å²) in [4.78, 5) is 42.1. The number of amides is 3. The number of nitrogens with zero attached hydrogens (tertiary/aromatic N) is 2. The molecule has 3 aliphatic heterocycles. The Morgan fingerprint density at radius 2 is 1.53 bits per heavy atom. The number of carbonyl (C=O) groups excluding carboxylic acids is 3. The van der Waals surface area contributed by atoms with Crippen molar-refractivity contribution in [1.29, 1.82) is 0 Å². The van der Waals surface area contributed by atoms with Crippen LogP contribution in [0.15, 0.2) is 103 Å². The second kappa shape index (κ2) is 16.9. The molecule has 3 fully saturated rings. The van der Waals surface area contributed by atoms with Crippen molar-refractivity contribution in [3.63, 3.8) is 0 Å². The fourth-order valence-corrected chi connectivity index (χ4v) is 7.46. The second-order valence-electron chi connectivity index (χ2n) is 14.3. The molecule has 4 aromatic rings. The maximum atomic E-state index is 13.2. The lowest BCUT2D eigenvalue weighted by molar-refractivity contribution is -0.276. The maximum Gasteiger partial charge on any atom is 0.408 e. The molecule has 0 aliphatic carbocycles. The van der Waals surface area contributed by atoms with Crippen molar-refractivity contribution < 1.29 is 33.7 Å². The first-order valence-corrected chi connectivity index (χ1v) is 18.6. The van der Waals surface area contributed by atoms with Gasteiger partial charge in [-0.15, -0.1) is 0 Å². The molecule has 2 N–H and O–H groups in total. The highest BCUT2D eigenvalue weighted by atomic mass is 16.7. The Balaban J connectivity index is 1.01. The molecule has 5 unspecified atom stereocenters. The average molecular weight is 718 g/mol. The van der Waals surface area contributed by atoms with Gasteiger partial charge in [-0.05, 0) is 65.4 Å². The van der Waals surface area contributed by atoms with E-state index in [2.05, 4.69) is 17.1 Å². The molecule has 10 nitrogen and oxygen atoms in total. The van der Waals surface area contributed by atoms with Gasteiger partial charge in [-0.3, -0.25) is 14.5 Å². The minimum atomic E-state index is -0.965. The number of piperidine rings is 1. The smallest absolute Gasteiger partial charge is 0.408 e. The van der Waals surface area contributed by atoms with Gasteiger partial charge in [0.2, 0.25) is 5.91 Å². The standard InChI is InChI=1S/C43H47N3O7/c1-29-38(26-45-21-6-3-7-22-45)52-42(53-40(29)34-15-13-30(27-47)14-16-34)35-19-17-33(18-20-35)36-12-8-11-32(23-36)25-46-39(48)24-37(41(46)49)44-43(50)51-28-31-9-4-2-5-10-31/h2,4-5,8-20,23,29,37-38,40,42,47H,3,6-7,21-22,24-28H2,1H3,(H,44,50). The summed E-state index contributed by atoms with van der Waals surface area (Å²) in [5, 5.41) is 12.1. The number of rotatable bonds is 11. The molecule has 53 heavy (non-hydrogen) atoms. The third-order valence-electron chi connectivity index (χ3n) is 10.5. The van der Waals surface area contributed by atoms with E-state index in [0.717, 1.165) is 58.6 Å². The first-order chi connectivity index (χ1) is 25.8. The number of benzene rings is 4. The largest absolute Gasteiger partial charge is 0.445 e. The average Bonchev–Trinajstić information content (AvgIpc) is 3.45. The molecule has 0 aromatic heterocycles. The summed E-state index contributed by atoms with van der Waals surface area (Å²) >= 11 is 0. The van der Waals surface area contributed by atoms with E-state index in [9.17, 15) is 19.5 Å². The molecule has 3 heterocycles. The van der Waals surface area contributed by atoms with Crippen molar-refractivity contribution in [2.45, 2.75) is 76.9 Å². The summed E-state index contributed by atoms with van der Waals surface area (Å²) in [6, 6.07) is 32.2. The van der Waals surface area contributed by atoms with Crippen LogP contribution in [0.2, 0.25) is 0 Å². The molecule has 0 bridgehead atoms. The van der Waals surface area contributed by atoms with Crippen LogP contribution in [-0.2, 0) is 43.6 Å². The monoisotopic (exact) mass is 717 g/mol. The number of hydrogen-bond donors (Lipinski definition) is 2. The van der Waals surface area contributed by atoms with E-state index in [0.29, 0.717) is 0 Å². The molecule has 7 rings (SSSR count). The Kier molecular flexibility index (Phi) is 11.6. The number of likely N-dealkylation sites (tertiary alicyclic amines) is 2. The molecule has 10 heteroatoms. The zero-order chi connectivity index (χ0) is 36.7. The molecule has 276 valence electrons. The molecule has 3 saturated heterocycles. The van der Waals surface area contributed by atoms with Gasteiger partial charge in [0.15, 0.2) is 6.29 Å². The zero-order valence-electron chi connectivity index (χ0n) is 30.1. The number of hydrogen-bond acceptors (Lipinski definition) is 8. The number of nitrogens with one attached hydrogen (secondary N) is 1. The van der Waals surface area contributed by atoms with Crippen LogP contribution in [-0.4, -0.2) is 64.6 Å². The van der Waals surface area contributed by atoms with Gasteiger partial charge in [0, 0.05) is 18.0 Å². The molecule has 3 aliphatic rings. The Bertz CT molecular complexity index is 1860. The van der Waals surface area contributed by atoms with Crippen molar-refractivity contribution in [2.75, 3.05) is 19.6 Å². The van der Waals surface area contributed by atoms with Crippen molar-refractivity contribution >= 4 is 17.9 Å². The number of aliphatic hydroxyl groups is 1. The number of imide groups is 1. The van der Waals surface area contributed by atoms with E-state index in [1.807, 2.05) is 103 Å². The highest BCUT2D eigenvalue weighted by molar-refractivity contribution is 6.06. The van der Waals surface area contributed by atoms with Crippen LogP contribution in [0.4, 0.5) is 4.79 Å². The molecule has 0 radical (unpaired) electrons. The van der Waals surface area contributed by atoms with Crippen LogP contribution in [0.3, 0.4) is 0 Å². The summed E-state index contributed by atoms with van der Waals surface area (Å²) in [7, 11) is 0. The van der Waals surface area contributed by atoms with E-state index in [4.69, 9.17) is 14.2 Å². The van der Waals surface area contributed by atoms with Crippen LogP contribution in [0.5, 0.6) is 0 Å². The van der Waals surface area contributed by atoms with Crippen LogP contribution < -0.4 is 5.32 Å². The number of ether oxygens (including phenoxy) is 3. The molecule has 0 saturated carbocycles. The molecule has 3 amide bonds. The third-order valence-corrected chi connectivity index (χ3v) is 10.5. The van der Waals surface area contributed by atoms with Crippen LogP contribution >= 0.6 is 0 Å². The lowest BCUT2D eigenvalue weighted by Gasteiger charge is -2.43. The molecule has 5 atom stereocenters. The quantitative estimate of drug-likeness (QED) is 0.165. The highest BCUT2D eigenvalue weighted by Gasteiger charge is 2.41. The minimum Gasteiger partial charge on any atom is -0.445 e. The van der Waals surface area contributed by atoms with E-state index in [1.54, 1.807) is 0 Å². The van der Waals surface area contributed by atoms with E-state index in [1.165, 1.54) is 24.2 Å². The summed E-state index contributed by atoms with van der Waals surface area (Å²) in [5.74, 6) is -0.672. The molecule has 4 aromatic carbocycles. The van der Waals surface area contributed by atoms with E-state index < -0.39 is 24.3 Å². The Morgan fingerprint density at radius 3 is 2.26 bits per heavy atom. The fourth-order valence-electron chi connectivity index (χ4n) is 7.46. The van der Waals surface area contributed by atoms with Gasteiger partial charge in [-0.2, -0.15) is 0 Å². The summed E-state index contributed by atoms with van der Waals surface area (Å²) < 4.78 is 18.6. The van der Waals surface area contributed by atoms with Crippen LogP contribution in [0, 0.1) is 5.92 Å². The summed E-state index contributed by atoms with van der Waals surface area (Å²) in [5.41, 5.74) is 6.39. The van der Waals surface area contributed by atoms with Gasteiger partial charge in [-0.25, -0.2) is 4.79 Å². The first-order valence-electron chi connectivity index (χ1n) is 18.6. The lowest BCUT2D eigenvalue weighted by atomic mass is 9.89. The van der Waals surface area contributed by atoms with Crippen molar-refractivity contribution in [3.8, 4) is 11.1 Å². The first kappa shape index (κ1) is 36.5. The normalized spacial score (nSPS) is 23.6. The zero-order valence-corrected chi connectivity index (χ0v) is 30.1. The van der Waals surface area contributed by atoms with Crippen molar-refractivity contribution in [3.05, 3.63) is 131 Å². The fraction of sp³-hybridized carbons (Fsp3) is 0.372. The predicted octanol–water partition coefficient (Wildman–Crippen LogP) is 6.68. The van der Waals surface area contributed by atoms with Gasteiger partial charge in [0.1, 0.15) is 12.6 Å². The number of carbonyl (C=O) groups is 3. The Hall–Kier alpha value is -4.87. The maximum absolute atomic E-state index is 13.2. The summed E-state index contributed by atoms with van der Waals surface area (Å²) in [6.45, 7) is 5.40. The lowest BCUT2D eigenvalue weighted by Crippen LogP contribution is -2.45.